The van der Waals surface area contributed by atoms with E-state index in [1.54, 1.807) is 18.2 Å². The van der Waals surface area contributed by atoms with Gasteiger partial charge in [-0.2, -0.15) is 0 Å². The predicted molar refractivity (Wildman–Crippen MR) is 103 cm³/mol. The van der Waals surface area contributed by atoms with Crippen molar-refractivity contribution in [2.45, 2.75) is 13.8 Å². The Kier molecular flexibility index (Phi) is 5.22. The highest BCUT2D eigenvalue weighted by Gasteiger charge is 2.12. The molecule has 0 atom stereocenters. The molecular weight excluding hydrogens is 328 g/mol. The number of benzene rings is 2. The molecule has 1 heterocycles. The number of nitrogens with one attached hydrogen (secondary N) is 3. The van der Waals surface area contributed by atoms with Gasteiger partial charge in [-0.1, -0.05) is 18.2 Å². The van der Waals surface area contributed by atoms with Crippen molar-refractivity contribution in [1.82, 2.24) is 15.8 Å². The molecule has 0 saturated carbocycles. The van der Waals surface area contributed by atoms with Crippen molar-refractivity contribution in [3.63, 3.8) is 0 Å². The van der Waals surface area contributed by atoms with E-state index < -0.39 is 5.91 Å². The zero-order valence-corrected chi connectivity index (χ0v) is 14.9. The monoisotopic (exact) mass is 350 g/mol. The minimum Gasteiger partial charge on any atom is -0.372 e. The summed E-state index contributed by atoms with van der Waals surface area (Å²) in [6, 6.07) is 16.7. The van der Waals surface area contributed by atoms with Crippen LogP contribution < -0.4 is 15.8 Å². The molecule has 2 amide bonds. The summed E-state index contributed by atoms with van der Waals surface area (Å²) in [6.45, 7) is 5.98. The van der Waals surface area contributed by atoms with Gasteiger partial charge in [-0.25, -0.2) is 0 Å². The number of H-pyrrole nitrogens is 1. The Labute approximate surface area is 152 Å². The number of hydrogen-bond acceptors (Lipinski definition) is 3. The molecule has 3 rings (SSSR count). The second-order valence-corrected chi connectivity index (χ2v) is 5.90. The molecule has 1 aromatic heterocycles. The minimum atomic E-state index is -0.394. The second kappa shape index (κ2) is 7.74. The first-order valence-electron chi connectivity index (χ1n) is 8.65. The molecule has 2 aromatic carbocycles. The Morgan fingerprint density at radius 1 is 0.923 bits per heavy atom. The zero-order chi connectivity index (χ0) is 18.5. The predicted octanol–water partition coefficient (Wildman–Crippen LogP) is 3.09. The Bertz CT molecular complexity index is 878. The number of carbonyl (C=O) groups excluding carboxylic acids is 2. The molecule has 0 radical (unpaired) electrons. The lowest BCUT2D eigenvalue weighted by molar-refractivity contribution is 0.0844. The second-order valence-electron chi connectivity index (χ2n) is 5.90. The Hall–Kier alpha value is -3.28. The number of rotatable bonds is 5. The third-order valence-electron chi connectivity index (χ3n) is 4.32. The van der Waals surface area contributed by atoms with Gasteiger partial charge in [0.25, 0.3) is 11.8 Å². The third kappa shape index (κ3) is 3.69. The fourth-order valence-corrected chi connectivity index (χ4v) is 2.86. The van der Waals surface area contributed by atoms with E-state index in [1.165, 1.54) is 0 Å². The van der Waals surface area contributed by atoms with Crippen molar-refractivity contribution in [3.8, 4) is 0 Å². The third-order valence-corrected chi connectivity index (χ3v) is 4.32. The molecular formula is C20H22N4O2. The average Bonchev–Trinajstić information content (AvgIpc) is 3.11. The number of amides is 2. The number of aromatic amines is 1. The smallest absolute Gasteiger partial charge is 0.286 e. The number of para-hydroxylation sites is 1. The van der Waals surface area contributed by atoms with Gasteiger partial charge < -0.3 is 9.88 Å². The van der Waals surface area contributed by atoms with Crippen LogP contribution in [0, 0.1) is 0 Å². The molecule has 3 N–H and O–H groups in total. The highest BCUT2D eigenvalue weighted by atomic mass is 16.2. The molecule has 0 fully saturated rings. The standard InChI is InChI=1S/C20H22N4O2/c1-3-24(4-2)16-11-9-14(10-12-16)19(25)22-23-20(26)18-13-15-7-5-6-8-17(15)21-18/h5-13,21H,3-4H2,1-2H3,(H,22,25)(H,23,26). The number of fused-ring (bicyclic) bond motifs is 1. The van der Waals surface area contributed by atoms with Crippen molar-refractivity contribution in [2.24, 2.45) is 0 Å². The van der Waals surface area contributed by atoms with Crippen LogP contribution in [0.25, 0.3) is 10.9 Å². The molecule has 134 valence electrons. The van der Waals surface area contributed by atoms with Crippen LogP contribution in [0.2, 0.25) is 0 Å². The summed E-state index contributed by atoms with van der Waals surface area (Å²) < 4.78 is 0. The van der Waals surface area contributed by atoms with E-state index in [1.807, 2.05) is 36.4 Å². The lowest BCUT2D eigenvalue weighted by Crippen LogP contribution is -2.41. The topological polar surface area (TPSA) is 77.2 Å². The summed E-state index contributed by atoms with van der Waals surface area (Å²) in [4.78, 5) is 29.6. The van der Waals surface area contributed by atoms with Gasteiger partial charge in [0.1, 0.15) is 5.69 Å². The van der Waals surface area contributed by atoms with Crippen molar-refractivity contribution >= 4 is 28.4 Å². The van der Waals surface area contributed by atoms with Gasteiger partial charge in [0.2, 0.25) is 0 Å². The van der Waals surface area contributed by atoms with Crippen LogP contribution in [0.1, 0.15) is 34.7 Å². The van der Waals surface area contributed by atoms with Crippen LogP contribution in [0.4, 0.5) is 5.69 Å². The van der Waals surface area contributed by atoms with Gasteiger partial charge >= 0.3 is 0 Å². The average molecular weight is 350 g/mol. The molecule has 0 bridgehead atoms. The van der Waals surface area contributed by atoms with Crippen molar-refractivity contribution < 1.29 is 9.59 Å². The molecule has 0 spiro atoms. The highest BCUT2D eigenvalue weighted by molar-refractivity contribution is 6.00. The number of carbonyl (C=O) groups is 2. The van der Waals surface area contributed by atoms with E-state index in [-0.39, 0.29) is 5.91 Å². The van der Waals surface area contributed by atoms with Crippen LogP contribution in [0.5, 0.6) is 0 Å². The molecule has 0 aliphatic heterocycles. The molecule has 0 saturated heterocycles. The van der Waals surface area contributed by atoms with E-state index >= 15 is 0 Å². The fourth-order valence-electron chi connectivity index (χ4n) is 2.86. The molecule has 0 aliphatic rings. The zero-order valence-electron chi connectivity index (χ0n) is 14.9. The number of hydrazine groups is 1. The number of hydrogen-bond donors (Lipinski definition) is 3. The van der Waals surface area contributed by atoms with Gasteiger partial charge in [0, 0.05) is 35.2 Å². The van der Waals surface area contributed by atoms with Crippen LogP contribution in [0.15, 0.2) is 54.6 Å². The Morgan fingerprint density at radius 3 is 2.23 bits per heavy atom. The van der Waals surface area contributed by atoms with Crippen LogP contribution in [-0.4, -0.2) is 29.9 Å². The SMILES string of the molecule is CCN(CC)c1ccc(C(=O)NNC(=O)c2cc3ccccc3[nH]2)cc1. The van der Waals surface area contributed by atoms with Crippen LogP contribution in [-0.2, 0) is 0 Å². The molecule has 3 aromatic rings. The molecule has 0 unspecified atom stereocenters. The number of anilines is 1. The van der Waals surface area contributed by atoms with Gasteiger partial charge in [-0.3, -0.25) is 20.4 Å². The quantitative estimate of drug-likeness (QED) is 0.619. The van der Waals surface area contributed by atoms with Crippen molar-refractivity contribution in [2.75, 3.05) is 18.0 Å². The van der Waals surface area contributed by atoms with Crippen LogP contribution >= 0.6 is 0 Å². The fraction of sp³-hybridized carbons (Fsp3) is 0.200. The van der Waals surface area contributed by atoms with Crippen molar-refractivity contribution in [3.05, 3.63) is 65.9 Å². The van der Waals surface area contributed by atoms with E-state index in [0.29, 0.717) is 11.3 Å². The first-order valence-corrected chi connectivity index (χ1v) is 8.65. The number of nitrogens with zero attached hydrogens (tertiary/aromatic N) is 1. The van der Waals surface area contributed by atoms with Gasteiger partial charge in [0.05, 0.1) is 0 Å². The van der Waals surface area contributed by atoms with Crippen LogP contribution in [0.3, 0.4) is 0 Å². The molecule has 6 nitrogen and oxygen atoms in total. The first kappa shape index (κ1) is 17.5. The lowest BCUT2D eigenvalue weighted by Gasteiger charge is -2.21. The van der Waals surface area contributed by atoms with Gasteiger partial charge in [-0.05, 0) is 50.2 Å². The summed E-state index contributed by atoms with van der Waals surface area (Å²) in [5, 5.41) is 0.941. The normalized spacial score (nSPS) is 10.5. The number of aromatic nitrogens is 1. The van der Waals surface area contributed by atoms with E-state index in [9.17, 15) is 9.59 Å². The first-order chi connectivity index (χ1) is 12.6. The summed E-state index contributed by atoms with van der Waals surface area (Å²) in [5.41, 5.74) is 7.69. The Balaban J connectivity index is 1.62. The Morgan fingerprint density at radius 2 is 1.58 bits per heavy atom. The summed E-state index contributed by atoms with van der Waals surface area (Å²) in [6.07, 6.45) is 0. The molecule has 26 heavy (non-hydrogen) atoms. The maximum Gasteiger partial charge on any atom is 0.286 e. The van der Waals surface area contributed by atoms with E-state index in [4.69, 9.17) is 0 Å². The van der Waals surface area contributed by atoms with E-state index in [2.05, 4.69) is 34.6 Å². The maximum atomic E-state index is 12.2. The summed E-state index contributed by atoms with van der Waals surface area (Å²) in [7, 11) is 0. The summed E-state index contributed by atoms with van der Waals surface area (Å²) in [5.74, 6) is -0.755. The molecule has 0 aliphatic carbocycles. The lowest BCUT2D eigenvalue weighted by atomic mass is 10.2. The maximum absolute atomic E-state index is 12.2. The summed E-state index contributed by atoms with van der Waals surface area (Å²) >= 11 is 0. The van der Waals surface area contributed by atoms with Gasteiger partial charge in [0.15, 0.2) is 0 Å². The molecule has 6 heteroatoms. The van der Waals surface area contributed by atoms with Crippen molar-refractivity contribution in [1.29, 1.82) is 0 Å². The minimum absolute atomic E-state index is 0.361. The van der Waals surface area contributed by atoms with Gasteiger partial charge in [-0.15, -0.1) is 0 Å². The highest BCUT2D eigenvalue weighted by Crippen LogP contribution is 2.15. The van der Waals surface area contributed by atoms with E-state index in [0.717, 1.165) is 29.7 Å². The largest absolute Gasteiger partial charge is 0.372 e.